The lowest BCUT2D eigenvalue weighted by atomic mass is 10.2. The van der Waals surface area contributed by atoms with E-state index in [1.54, 1.807) is 7.11 Å². The molecule has 2 N–H and O–H groups in total. The summed E-state index contributed by atoms with van der Waals surface area (Å²) in [5.74, 6) is 0.948. The van der Waals surface area contributed by atoms with Crippen LogP contribution >= 0.6 is 0 Å². The smallest absolute Gasteiger partial charge is 0.282 e. The molecular weight excluding hydrogens is 392 g/mol. The average molecular weight is 426 g/mol. The molecule has 2 saturated heterocycles. The summed E-state index contributed by atoms with van der Waals surface area (Å²) in [5.41, 5.74) is 3.20. The van der Waals surface area contributed by atoms with Crippen LogP contribution in [0.5, 0.6) is 5.75 Å². The van der Waals surface area contributed by atoms with Crippen LogP contribution in [0, 0.1) is 0 Å². The zero-order valence-electron chi connectivity index (χ0n) is 18.5. The van der Waals surface area contributed by atoms with E-state index in [0.29, 0.717) is 0 Å². The van der Waals surface area contributed by atoms with Gasteiger partial charge in [-0.25, -0.2) is 0 Å². The van der Waals surface area contributed by atoms with E-state index in [0.717, 1.165) is 63.9 Å². The molecule has 0 unspecified atom stereocenters. The Labute approximate surface area is 184 Å². The molecule has 1 atom stereocenters. The van der Waals surface area contributed by atoms with Crippen molar-refractivity contribution in [1.82, 2.24) is 0 Å². The molecule has 0 aliphatic carbocycles. The Hall–Kier alpha value is -2.77. The van der Waals surface area contributed by atoms with Crippen LogP contribution in [0.2, 0.25) is 0 Å². The molecule has 0 radical (unpaired) electrons. The van der Waals surface area contributed by atoms with Crippen LogP contribution in [-0.2, 0) is 9.53 Å². The number of carbonyl (C=O) groups excluding carboxylic acids is 1. The summed E-state index contributed by atoms with van der Waals surface area (Å²) in [6.45, 7) is 9.09. The highest BCUT2D eigenvalue weighted by molar-refractivity contribution is 5.93. The maximum Gasteiger partial charge on any atom is 0.282 e. The molecule has 0 spiro atoms. The van der Waals surface area contributed by atoms with Crippen LogP contribution in [0.25, 0.3) is 0 Å². The van der Waals surface area contributed by atoms with Gasteiger partial charge in [-0.15, -0.1) is 0 Å². The van der Waals surface area contributed by atoms with E-state index >= 15 is 0 Å². The minimum Gasteiger partial charge on any atom is -0.497 e. The summed E-state index contributed by atoms with van der Waals surface area (Å²) < 4.78 is 10.8. The number of hydrogen-bond acceptors (Lipinski definition) is 5. The van der Waals surface area contributed by atoms with Crippen LogP contribution in [0.4, 0.5) is 17.1 Å². The topological polar surface area (TPSA) is 58.5 Å². The number of benzene rings is 2. The molecule has 2 aromatic carbocycles. The second-order valence-corrected chi connectivity index (χ2v) is 8.20. The van der Waals surface area contributed by atoms with Crippen LogP contribution in [-0.4, -0.2) is 71.5 Å². The van der Waals surface area contributed by atoms with Gasteiger partial charge in [-0.2, -0.15) is 0 Å². The van der Waals surface area contributed by atoms with Gasteiger partial charge in [0.05, 0.1) is 46.5 Å². The number of morpholine rings is 1. The Morgan fingerprint density at radius 3 is 2.35 bits per heavy atom. The first kappa shape index (κ1) is 21.5. The molecule has 2 fully saturated rings. The van der Waals surface area contributed by atoms with Crippen molar-refractivity contribution in [2.45, 2.75) is 13.0 Å². The van der Waals surface area contributed by atoms with Crippen molar-refractivity contribution in [3.05, 3.63) is 48.5 Å². The first-order valence-corrected chi connectivity index (χ1v) is 11.1. The standard InChI is InChI=1S/C24H32N4O3/c1-19(26-10-12-27(13-11-26)22-4-3-5-23(18-22)30-2)24(29)25-20-6-8-21(9-7-20)28-14-16-31-17-15-28/h3-9,18-19H,10-17H2,1-2H3,(H,25,29)/p+1/t19-/m1/s1. The first-order chi connectivity index (χ1) is 15.1. The lowest BCUT2D eigenvalue weighted by molar-refractivity contribution is -0.914. The third kappa shape index (κ3) is 5.29. The van der Waals surface area contributed by atoms with Gasteiger partial charge in [0.1, 0.15) is 5.75 Å². The van der Waals surface area contributed by atoms with Crippen LogP contribution in [0.1, 0.15) is 6.92 Å². The van der Waals surface area contributed by atoms with Gasteiger partial charge in [0.2, 0.25) is 0 Å². The largest absolute Gasteiger partial charge is 0.497 e. The Morgan fingerprint density at radius 2 is 1.68 bits per heavy atom. The highest BCUT2D eigenvalue weighted by atomic mass is 16.5. The fraction of sp³-hybridized carbons (Fsp3) is 0.458. The Bertz CT molecular complexity index is 859. The van der Waals surface area contributed by atoms with E-state index in [9.17, 15) is 4.79 Å². The molecule has 2 heterocycles. The molecule has 1 amide bonds. The third-order valence-corrected chi connectivity index (χ3v) is 6.34. The number of quaternary nitrogens is 1. The maximum absolute atomic E-state index is 12.8. The van der Waals surface area contributed by atoms with E-state index < -0.39 is 0 Å². The highest BCUT2D eigenvalue weighted by Gasteiger charge is 2.29. The number of hydrogen-bond donors (Lipinski definition) is 2. The SMILES string of the molecule is COc1cccc(N2CC[NH+]([C@H](C)C(=O)Nc3ccc(N4CCOCC4)cc3)CC2)c1. The van der Waals surface area contributed by atoms with Crippen molar-refractivity contribution in [3.63, 3.8) is 0 Å². The second kappa shape index (κ2) is 10.0. The molecule has 0 aromatic heterocycles. The number of anilines is 3. The molecule has 166 valence electrons. The fourth-order valence-corrected chi connectivity index (χ4v) is 4.31. The van der Waals surface area contributed by atoms with Gasteiger partial charge < -0.3 is 29.5 Å². The van der Waals surface area contributed by atoms with Crippen LogP contribution in [0.3, 0.4) is 0 Å². The molecule has 7 nitrogen and oxygen atoms in total. The quantitative estimate of drug-likeness (QED) is 0.730. The van der Waals surface area contributed by atoms with Gasteiger partial charge >= 0.3 is 0 Å². The minimum absolute atomic E-state index is 0.0731. The normalized spacial score (nSPS) is 18.5. The molecular formula is C24H33N4O3+. The number of nitrogens with zero attached hydrogens (tertiary/aromatic N) is 2. The summed E-state index contributed by atoms with van der Waals surface area (Å²) >= 11 is 0. The van der Waals surface area contributed by atoms with E-state index in [1.165, 1.54) is 16.3 Å². The van der Waals surface area contributed by atoms with Gasteiger partial charge in [-0.3, -0.25) is 4.79 Å². The summed E-state index contributed by atoms with van der Waals surface area (Å²) in [6, 6.07) is 16.2. The van der Waals surface area contributed by atoms with Gasteiger partial charge in [0, 0.05) is 36.2 Å². The summed E-state index contributed by atoms with van der Waals surface area (Å²) in [4.78, 5) is 18.8. The molecule has 4 rings (SSSR count). The number of carbonyl (C=O) groups is 1. The molecule has 2 aliphatic rings. The molecule has 0 bridgehead atoms. The monoisotopic (exact) mass is 425 g/mol. The van der Waals surface area contributed by atoms with Gasteiger partial charge in [-0.05, 0) is 43.3 Å². The van der Waals surface area contributed by atoms with E-state index in [2.05, 4.69) is 39.4 Å². The zero-order valence-corrected chi connectivity index (χ0v) is 18.5. The number of rotatable bonds is 6. The molecule has 0 saturated carbocycles. The molecule has 31 heavy (non-hydrogen) atoms. The van der Waals surface area contributed by atoms with Crippen LogP contribution < -0.4 is 24.8 Å². The predicted molar refractivity (Wildman–Crippen MR) is 123 cm³/mol. The van der Waals surface area contributed by atoms with E-state index in [1.807, 2.05) is 31.2 Å². The lowest BCUT2D eigenvalue weighted by Crippen LogP contribution is -3.19. The summed E-state index contributed by atoms with van der Waals surface area (Å²) in [6.07, 6.45) is 0. The molecule has 2 aliphatic heterocycles. The Kier molecular flexibility index (Phi) is 6.94. The van der Waals surface area contributed by atoms with Crippen molar-refractivity contribution < 1.29 is 19.2 Å². The van der Waals surface area contributed by atoms with E-state index in [4.69, 9.17) is 9.47 Å². The van der Waals surface area contributed by atoms with Crippen molar-refractivity contribution >= 4 is 23.0 Å². The fourth-order valence-electron chi connectivity index (χ4n) is 4.31. The summed E-state index contributed by atoms with van der Waals surface area (Å²) in [5, 5.41) is 3.09. The number of methoxy groups -OCH3 is 1. The van der Waals surface area contributed by atoms with Crippen LogP contribution in [0.15, 0.2) is 48.5 Å². The third-order valence-electron chi connectivity index (χ3n) is 6.34. The van der Waals surface area contributed by atoms with Crippen molar-refractivity contribution in [2.75, 3.05) is 74.7 Å². The number of ether oxygens (including phenoxy) is 2. The van der Waals surface area contributed by atoms with Crippen molar-refractivity contribution in [3.8, 4) is 5.75 Å². The highest BCUT2D eigenvalue weighted by Crippen LogP contribution is 2.21. The van der Waals surface area contributed by atoms with Crippen molar-refractivity contribution in [2.24, 2.45) is 0 Å². The number of piperazine rings is 1. The van der Waals surface area contributed by atoms with E-state index in [-0.39, 0.29) is 11.9 Å². The van der Waals surface area contributed by atoms with Gasteiger partial charge in [0.25, 0.3) is 5.91 Å². The molecule has 7 heteroatoms. The maximum atomic E-state index is 12.8. The predicted octanol–water partition coefficient (Wildman–Crippen LogP) is 1.26. The summed E-state index contributed by atoms with van der Waals surface area (Å²) in [7, 11) is 1.69. The van der Waals surface area contributed by atoms with Gasteiger partial charge in [0.15, 0.2) is 6.04 Å². The van der Waals surface area contributed by atoms with Gasteiger partial charge in [-0.1, -0.05) is 6.07 Å². The zero-order chi connectivity index (χ0) is 21.6. The Balaban J connectivity index is 1.28. The number of amides is 1. The second-order valence-electron chi connectivity index (χ2n) is 8.20. The first-order valence-electron chi connectivity index (χ1n) is 11.1. The van der Waals surface area contributed by atoms with Crippen molar-refractivity contribution in [1.29, 1.82) is 0 Å². The molecule has 2 aromatic rings. The Morgan fingerprint density at radius 1 is 1.00 bits per heavy atom. The average Bonchev–Trinajstić information content (AvgIpc) is 2.84. The lowest BCUT2D eigenvalue weighted by Gasteiger charge is -2.36. The number of nitrogens with one attached hydrogen (secondary N) is 2. The minimum atomic E-state index is -0.0913.